The van der Waals surface area contributed by atoms with Gasteiger partial charge in [-0.05, 0) is 43.5 Å². The standard InChI is InChI=1S/C19H19NO/c1-13-6-9-18-15(10-13)11-19(21-18)17-5-3-2-4-14(17)12-20-16-7-8-16/h2-6,9-11,16,20H,7-8,12H2,1H3. The third kappa shape index (κ3) is 2.59. The number of hydrogen-bond acceptors (Lipinski definition) is 2. The fraction of sp³-hybridized carbons (Fsp3) is 0.263. The molecule has 0 unspecified atom stereocenters. The van der Waals surface area contributed by atoms with Crippen LogP contribution in [0.4, 0.5) is 0 Å². The lowest BCUT2D eigenvalue weighted by atomic mass is 10.0. The van der Waals surface area contributed by atoms with Crippen LogP contribution in [-0.4, -0.2) is 6.04 Å². The van der Waals surface area contributed by atoms with Gasteiger partial charge in [-0.25, -0.2) is 0 Å². The first kappa shape index (κ1) is 12.7. The zero-order chi connectivity index (χ0) is 14.2. The molecule has 1 heterocycles. The SMILES string of the molecule is Cc1ccc2oc(-c3ccccc3CNC3CC3)cc2c1. The molecule has 1 fully saturated rings. The molecule has 21 heavy (non-hydrogen) atoms. The third-order valence-corrected chi connectivity index (χ3v) is 4.11. The predicted octanol–water partition coefficient (Wildman–Crippen LogP) is 4.66. The van der Waals surface area contributed by atoms with Gasteiger partial charge in [0, 0.05) is 23.5 Å². The summed E-state index contributed by atoms with van der Waals surface area (Å²) in [5.41, 5.74) is 4.72. The van der Waals surface area contributed by atoms with Gasteiger partial charge in [0.2, 0.25) is 0 Å². The smallest absolute Gasteiger partial charge is 0.135 e. The summed E-state index contributed by atoms with van der Waals surface area (Å²) < 4.78 is 6.04. The van der Waals surface area contributed by atoms with Crippen LogP contribution in [-0.2, 0) is 6.54 Å². The summed E-state index contributed by atoms with van der Waals surface area (Å²) in [6.07, 6.45) is 2.62. The summed E-state index contributed by atoms with van der Waals surface area (Å²) in [4.78, 5) is 0. The fourth-order valence-corrected chi connectivity index (χ4v) is 2.75. The van der Waals surface area contributed by atoms with E-state index in [2.05, 4.69) is 60.8 Å². The van der Waals surface area contributed by atoms with E-state index in [-0.39, 0.29) is 0 Å². The molecule has 2 nitrogen and oxygen atoms in total. The number of hydrogen-bond donors (Lipinski definition) is 1. The largest absolute Gasteiger partial charge is 0.456 e. The molecule has 1 saturated carbocycles. The Balaban J connectivity index is 1.72. The molecule has 106 valence electrons. The van der Waals surface area contributed by atoms with Crippen molar-refractivity contribution in [1.82, 2.24) is 5.32 Å². The molecule has 1 aliphatic carbocycles. The minimum absolute atomic E-state index is 0.719. The summed E-state index contributed by atoms with van der Waals surface area (Å²) in [5, 5.41) is 4.76. The van der Waals surface area contributed by atoms with E-state index in [4.69, 9.17) is 4.42 Å². The lowest BCUT2D eigenvalue weighted by molar-refractivity contribution is 0.627. The zero-order valence-corrected chi connectivity index (χ0v) is 12.2. The molecule has 0 spiro atoms. The maximum atomic E-state index is 6.04. The summed E-state index contributed by atoms with van der Waals surface area (Å²) in [5.74, 6) is 0.962. The quantitative estimate of drug-likeness (QED) is 0.750. The molecule has 3 aromatic rings. The Morgan fingerprint density at radius 3 is 2.81 bits per heavy atom. The van der Waals surface area contributed by atoms with Gasteiger partial charge >= 0.3 is 0 Å². The Labute approximate surface area is 124 Å². The van der Waals surface area contributed by atoms with Crippen LogP contribution in [0, 0.1) is 6.92 Å². The molecule has 4 rings (SSSR count). The topological polar surface area (TPSA) is 25.2 Å². The van der Waals surface area contributed by atoms with Gasteiger partial charge in [-0.1, -0.05) is 35.9 Å². The van der Waals surface area contributed by atoms with E-state index >= 15 is 0 Å². The van der Waals surface area contributed by atoms with Crippen molar-refractivity contribution in [1.29, 1.82) is 0 Å². The van der Waals surface area contributed by atoms with Gasteiger partial charge in [0.25, 0.3) is 0 Å². The number of benzene rings is 2. The van der Waals surface area contributed by atoms with E-state index in [0.717, 1.165) is 23.9 Å². The zero-order valence-electron chi connectivity index (χ0n) is 12.2. The molecule has 2 aromatic carbocycles. The molecular formula is C19H19NO. The summed E-state index contributed by atoms with van der Waals surface area (Å²) in [6.45, 7) is 3.02. The van der Waals surface area contributed by atoms with Crippen LogP contribution in [0.3, 0.4) is 0 Å². The van der Waals surface area contributed by atoms with Gasteiger partial charge in [-0.2, -0.15) is 0 Å². The molecule has 0 radical (unpaired) electrons. The van der Waals surface area contributed by atoms with Gasteiger partial charge in [-0.3, -0.25) is 0 Å². The highest BCUT2D eigenvalue weighted by atomic mass is 16.3. The first-order valence-corrected chi connectivity index (χ1v) is 7.61. The van der Waals surface area contributed by atoms with E-state index in [1.807, 2.05) is 0 Å². The van der Waals surface area contributed by atoms with Crippen molar-refractivity contribution < 1.29 is 4.42 Å². The van der Waals surface area contributed by atoms with Gasteiger partial charge in [0.1, 0.15) is 11.3 Å². The summed E-state index contributed by atoms with van der Waals surface area (Å²) >= 11 is 0. The van der Waals surface area contributed by atoms with Crippen molar-refractivity contribution in [2.24, 2.45) is 0 Å². The lowest BCUT2D eigenvalue weighted by Crippen LogP contribution is -2.15. The highest BCUT2D eigenvalue weighted by Crippen LogP contribution is 2.31. The first-order chi connectivity index (χ1) is 10.3. The van der Waals surface area contributed by atoms with Crippen molar-refractivity contribution in [3.05, 3.63) is 59.7 Å². The second-order valence-corrected chi connectivity index (χ2v) is 5.96. The third-order valence-electron chi connectivity index (χ3n) is 4.11. The Morgan fingerprint density at radius 1 is 1.10 bits per heavy atom. The first-order valence-electron chi connectivity index (χ1n) is 7.61. The van der Waals surface area contributed by atoms with Crippen LogP contribution in [0.1, 0.15) is 24.0 Å². The molecule has 0 aliphatic heterocycles. The Bertz CT molecular complexity index is 783. The van der Waals surface area contributed by atoms with Crippen LogP contribution < -0.4 is 5.32 Å². The van der Waals surface area contributed by atoms with Crippen molar-refractivity contribution in [2.45, 2.75) is 32.4 Å². The second-order valence-electron chi connectivity index (χ2n) is 5.96. The highest BCUT2D eigenvalue weighted by Gasteiger charge is 2.20. The van der Waals surface area contributed by atoms with Gasteiger partial charge in [0.15, 0.2) is 0 Å². The lowest BCUT2D eigenvalue weighted by Gasteiger charge is -2.08. The minimum atomic E-state index is 0.719. The average Bonchev–Trinajstić information content (AvgIpc) is 3.23. The van der Waals surface area contributed by atoms with E-state index in [1.54, 1.807) is 0 Å². The monoisotopic (exact) mass is 277 g/mol. The van der Waals surface area contributed by atoms with Crippen molar-refractivity contribution in [3.8, 4) is 11.3 Å². The number of fused-ring (bicyclic) bond motifs is 1. The second kappa shape index (κ2) is 5.05. The molecule has 0 saturated heterocycles. The molecule has 1 aliphatic rings. The Kier molecular flexibility index (Phi) is 3.04. The number of nitrogens with one attached hydrogen (secondary N) is 1. The summed E-state index contributed by atoms with van der Waals surface area (Å²) in [7, 11) is 0. The molecule has 0 amide bonds. The van der Waals surface area contributed by atoms with Crippen molar-refractivity contribution >= 4 is 11.0 Å². The van der Waals surface area contributed by atoms with Crippen LogP contribution >= 0.6 is 0 Å². The average molecular weight is 277 g/mol. The molecule has 1 aromatic heterocycles. The Morgan fingerprint density at radius 2 is 1.95 bits per heavy atom. The fourth-order valence-electron chi connectivity index (χ4n) is 2.75. The van der Waals surface area contributed by atoms with Gasteiger partial charge in [0.05, 0.1) is 0 Å². The molecular weight excluding hydrogens is 258 g/mol. The van der Waals surface area contributed by atoms with Gasteiger partial charge in [-0.15, -0.1) is 0 Å². The van der Waals surface area contributed by atoms with Crippen LogP contribution in [0.15, 0.2) is 52.9 Å². The molecule has 0 atom stereocenters. The summed E-state index contributed by atoms with van der Waals surface area (Å²) in [6, 6.07) is 17.7. The number of rotatable bonds is 4. The van der Waals surface area contributed by atoms with Crippen molar-refractivity contribution in [3.63, 3.8) is 0 Å². The van der Waals surface area contributed by atoms with E-state index in [9.17, 15) is 0 Å². The maximum absolute atomic E-state index is 6.04. The van der Waals surface area contributed by atoms with E-state index in [0.29, 0.717) is 0 Å². The maximum Gasteiger partial charge on any atom is 0.135 e. The van der Waals surface area contributed by atoms with Gasteiger partial charge < -0.3 is 9.73 Å². The molecule has 2 heteroatoms. The van der Waals surface area contributed by atoms with Crippen LogP contribution in [0.2, 0.25) is 0 Å². The predicted molar refractivity (Wildman–Crippen MR) is 86.2 cm³/mol. The Hall–Kier alpha value is -2.06. The minimum Gasteiger partial charge on any atom is -0.456 e. The molecule has 1 N–H and O–H groups in total. The van der Waals surface area contributed by atoms with E-state index < -0.39 is 0 Å². The van der Waals surface area contributed by atoms with E-state index in [1.165, 1.54) is 34.9 Å². The number of furan rings is 1. The van der Waals surface area contributed by atoms with Crippen LogP contribution in [0.25, 0.3) is 22.3 Å². The van der Waals surface area contributed by atoms with Crippen LogP contribution in [0.5, 0.6) is 0 Å². The van der Waals surface area contributed by atoms with Crippen molar-refractivity contribution in [2.75, 3.05) is 0 Å². The highest BCUT2D eigenvalue weighted by molar-refractivity contribution is 5.84. The number of aryl methyl sites for hydroxylation is 1. The molecule has 0 bridgehead atoms. The normalized spacial score (nSPS) is 14.7.